The van der Waals surface area contributed by atoms with Gasteiger partial charge in [-0.25, -0.2) is 5.43 Å². The van der Waals surface area contributed by atoms with Crippen LogP contribution in [0.25, 0.3) is 6.08 Å². The lowest BCUT2D eigenvalue weighted by molar-refractivity contribution is -0.384. The van der Waals surface area contributed by atoms with E-state index in [1.807, 2.05) is 43.3 Å². The van der Waals surface area contributed by atoms with Crippen molar-refractivity contribution in [3.05, 3.63) is 75.8 Å². The average Bonchev–Trinajstić information content (AvgIpc) is 2.61. The summed E-state index contributed by atoms with van der Waals surface area (Å²) >= 11 is 0. The van der Waals surface area contributed by atoms with E-state index in [2.05, 4.69) is 10.5 Å². The zero-order valence-corrected chi connectivity index (χ0v) is 13.6. The molecule has 0 saturated carbocycles. The number of rotatable bonds is 7. The number of carbonyl (C=O) groups excluding carboxylic acids is 1. The molecule has 7 heteroatoms. The summed E-state index contributed by atoms with van der Waals surface area (Å²) in [5.41, 5.74) is 4.23. The number of non-ortho nitro benzene ring substituents is 1. The molecule has 0 aliphatic heterocycles. The van der Waals surface area contributed by atoms with E-state index in [0.29, 0.717) is 5.75 Å². The maximum Gasteiger partial charge on any atom is 0.277 e. The van der Waals surface area contributed by atoms with Crippen LogP contribution in [0.1, 0.15) is 12.5 Å². The zero-order valence-electron chi connectivity index (χ0n) is 13.6. The van der Waals surface area contributed by atoms with E-state index in [-0.39, 0.29) is 12.3 Å². The highest BCUT2D eigenvalue weighted by Gasteiger charge is 2.06. The third kappa shape index (κ3) is 6.26. The summed E-state index contributed by atoms with van der Waals surface area (Å²) in [6, 6.07) is 15.2. The van der Waals surface area contributed by atoms with E-state index in [4.69, 9.17) is 4.74 Å². The van der Waals surface area contributed by atoms with Gasteiger partial charge < -0.3 is 4.74 Å². The summed E-state index contributed by atoms with van der Waals surface area (Å²) in [5.74, 6) is -0.0630. The Bertz CT molecular complexity index is 784. The van der Waals surface area contributed by atoms with Gasteiger partial charge in [0.2, 0.25) is 0 Å². The van der Waals surface area contributed by atoms with Crippen LogP contribution in [-0.2, 0) is 4.79 Å². The van der Waals surface area contributed by atoms with Crippen LogP contribution in [0.5, 0.6) is 5.75 Å². The quantitative estimate of drug-likeness (QED) is 0.476. The van der Waals surface area contributed by atoms with Crippen LogP contribution in [0.4, 0.5) is 5.69 Å². The minimum Gasteiger partial charge on any atom is -0.484 e. The first-order valence-corrected chi connectivity index (χ1v) is 7.47. The number of hydrogen-bond acceptors (Lipinski definition) is 5. The summed E-state index contributed by atoms with van der Waals surface area (Å²) in [5, 5.41) is 14.4. The molecule has 0 aliphatic carbocycles. The second kappa shape index (κ2) is 8.97. The van der Waals surface area contributed by atoms with Gasteiger partial charge in [0.05, 0.1) is 11.1 Å². The number of hydrazone groups is 1. The van der Waals surface area contributed by atoms with Crippen molar-refractivity contribution in [1.82, 2.24) is 5.43 Å². The van der Waals surface area contributed by atoms with Crippen molar-refractivity contribution in [2.24, 2.45) is 5.10 Å². The van der Waals surface area contributed by atoms with Gasteiger partial charge in [0, 0.05) is 12.1 Å². The van der Waals surface area contributed by atoms with E-state index in [1.54, 1.807) is 0 Å². The van der Waals surface area contributed by atoms with Crippen molar-refractivity contribution in [2.75, 3.05) is 6.61 Å². The summed E-state index contributed by atoms with van der Waals surface area (Å²) < 4.78 is 5.23. The van der Waals surface area contributed by atoms with Gasteiger partial charge in [-0.3, -0.25) is 14.9 Å². The fraction of sp³-hybridized carbons (Fsp3) is 0.111. The van der Waals surface area contributed by atoms with Gasteiger partial charge in [-0.15, -0.1) is 0 Å². The SMILES string of the molecule is CC(/C=N\NC(=O)COc1ccc([N+](=O)[O-])cc1)=C/c1ccccc1. The molecule has 2 aromatic carbocycles. The maximum atomic E-state index is 11.7. The van der Waals surface area contributed by atoms with Crippen molar-refractivity contribution < 1.29 is 14.5 Å². The fourth-order valence-corrected chi connectivity index (χ4v) is 1.90. The molecular formula is C18H17N3O4. The van der Waals surface area contributed by atoms with Crippen molar-refractivity contribution in [1.29, 1.82) is 0 Å². The van der Waals surface area contributed by atoms with Crippen LogP contribution in [0, 0.1) is 10.1 Å². The third-order valence-corrected chi connectivity index (χ3v) is 3.07. The smallest absolute Gasteiger partial charge is 0.277 e. The Morgan fingerprint density at radius 2 is 1.88 bits per heavy atom. The Hall–Kier alpha value is -3.48. The van der Waals surface area contributed by atoms with Gasteiger partial charge in [-0.1, -0.05) is 36.4 Å². The summed E-state index contributed by atoms with van der Waals surface area (Å²) in [6.07, 6.45) is 3.47. The molecule has 7 nitrogen and oxygen atoms in total. The van der Waals surface area contributed by atoms with E-state index in [0.717, 1.165) is 11.1 Å². The molecule has 1 N–H and O–H groups in total. The summed E-state index contributed by atoms with van der Waals surface area (Å²) in [6.45, 7) is 1.63. The molecular weight excluding hydrogens is 322 g/mol. The van der Waals surface area contributed by atoms with Crippen LogP contribution in [0.15, 0.2) is 65.3 Å². The number of hydrogen-bond donors (Lipinski definition) is 1. The molecule has 0 atom stereocenters. The molecule has 1 amide bonds. The van der Waals surface area contributed by atoms with E-state index < -0.39 is 10.8 Å². The monoisotopic (exact) mass is 339 g/mol. The van der Waals surface area contributed by atoms with Crippen molar-refractivity contribution in [2.45, 2.75) is 6.92 Å². The number of nitro benzene ring substituents is 1. The molecule has 0 unspecified atom stereocenters. The van der Waals surface area contributed by atoms with Crippen molar-refractivity contribution in [3.63, 3.8) is 0 Å². The van der Waals surface area contributed by atoms with Crippen LogP contribution < -0.4 is 10.2 Å². The summed E-state index contributed by atoms with van der Waals surface area (Å²) in [4.78, 5) is 21.7. The predicted octanol–water partition coefficient (Wildman–Crippen LogP) is 3.18. The average molecular weight is 339 g/mol. The molecule has 0 saturated heterocycles. The topological polar surface area (TPSA) is 93.8 Å². The Labute approximate surface area is 144 Å². The van der Waals surface area contributed by atoms with Gasteiger partial charge >= 0.3 is 0 Å². The Morgan fingerprint density at radius 3 is 2.52 bits per heavy atom. The summed E-state index contributed by atoms with van der Waals surface area (Å²) in [7, 11) is 0. The van der Waals surface area contributed by atoms with Crippen molar-refractivity contribution >= 4 is 23.9 Å². The van der Waals surface area contributed by atoms with Gasteiger partial charge in [-0.05, 0) is 30.2 Å². The van der Waals surface area contributed by atoms with Gasteiger partial charge in [-0.2, -0.15) is 5.10 Å². The second-order valence-corrected chi connectivity index (χ2v) is 5.13. The molecule has 2 aromatic rings. The number of nitro groups is 1. The number of nitrogens with one attached hydrogen (secondary N) is 1. The zero-order chi connectivity index (χ0) is 18.1. The number of ether oxygens (including phenoxy) is 1. The molecule has 0 heterocycles. The van der Waals surface area contributed by atoms with E-state index >= 15 is 0 Å². The molecule has 0 aromatic heterocycles. The molecule has 0 spiro atoms. The lowest BCUT2D eigenvalue weighted by atomic mass is 10.1. The number of benzene rings is 2. The lowest BCUT2D eigenvalue weighted by Gasteiger charge is -2.04. The molecule has 0 fully saturated rings. The van der Waals surface area contributed by atoms with E-state index in [1.165, 1.54) is 30.5 Å². The standard InChI is InChI=1S/C18H17N3O4/c1-14(11-15-5-3-2-4-6-15)12-19-20-18(22)13-25-17-9-7-16(8-10-17)21(23)24/h2-12H,13H2,1H3,(H,20,22)/b14-11-,19-12-. The Morgan fingerprint density at radius 1 is 1.20 bits per heavy atom. The largest absolute Gasteiger partial charge is 0.484 e. The first-order valence-electron chi connectivity index (χ1n) is 7.47. The van der Waals surface area contributed by atoms with Crippen molar-refractivity contribution in [3.8, 4) is 5.75 Å². The fourth-order valence-electron chi connectivity index (χ4n) is 1.90. The maximum absolute atomic E-state index is 11.7. The molecule has 0 radical (unpaired) electrons. The van der Waals surface area contributed by atoms with Crippen LogP contribution in [0.2, 0.25) is 0 Å². The first-order chi connectivity index (χ1) is 12.0. The Kier molecular flexibility index (Phi) is 6.41. The molecule has 0 bridgehead atoms. The number of allylic oxidation sites excluding steroid dienone is 1. The second-order valence-electron chi connectivity index (χ2n) is 5.13. The molecule has 128 valence electrons. The highest BCUT2D eigenvalue weighted by atomic mass is 16.6. The minimum atomic E-state index is -0.503. The van der Waals surface area contributed by atoms with Gasteiger partial charge in [0.25, 0.3) is 11.6 Å². The van der Waals surface area contributed by atoms with Crippen LogP contribution in [0.3, 0.4) is 0 Å². The van der Waals surface area contributed by atoms with Gasteiger partial charge in [0.1, 0.15) is 5.75 Å². The van der Waals surface area contributed by atoms with Crippen LogP contribution >= 0.6 is 0 Å². The highest BCUT2D eigenvalue weighted by molar-refractivity contribution is 5.86. The molecule has 2 rings (SSSR count). The number of carbonyl (C=O) groups is 1. The van der Waals surface area contributed by atoms with Gasteiger partial charge in [0.15, 0.2) is 6.61 Å². The molecule has 25 heavy (non-hydrogen) atoms. The van der Waals surface area contributed by atoms with E-state index in [9.17, 15) is 14.9 Å². The highest BCUT2D eigenvalue weighted by Crippen LogP contribution is 2.17. The van der Waals surface area contributed by atoms with Crippen LogP contribution in [-0.4, -0.2) is 23.7 Å². The number of nitrogens with zero attached hydrogens (tertiary/aromatic N) is 2. The normalized spacial score (nSPS) is 11.3. The minimum absolute atomic E-state index is 0.0397. The lowest BCUT2D eigenvalue weighted by Crippen LogP contribution is -2.24. The first kappa shape index (κ1) is 17.9. The molecule has 0 aliphatic rings. The Balaban J connectivity index is 1.78. The predicted molar refractivity (Wildman–Crippen MR) is 95.3 cm³/mol. The third-order valence-electron chi connectivity index (χ3n) is 3.07. The number of amides is 1.